The Balaban J connectivity index is 3.02. The molecular weight excluding hydrogens is 248 g/mol. The lowest BCUT2D eigenvalue weighted by atomic mass is 10.1. The van der Waals surface area contributed by atoms with Crippen LogP contribution in [-0.2, 0) is 9.53 Å². The lowest BCUT2D eigenvalue weighted by Gasteiger charge is -2.13. The van der Waals surface area contributed by atoms with Crippen molar-refractivity contribution >= 4 is 17.6 Å². The van der Waals surface area contributed by atoms with Gasteiger partial charge in [-0.05, 0) is 32.0 Å². The summed E-state index contributed by atoms with van der Waals surface area (Å²) in [6.45, 7) is 3.57. The molecule has 1 atom stereocenters. The van der Waals surface area contributed by atoms with E-state index in [4.69, 9.17) is 15.2 Å². The fraction of sp³-hybridized carbons (Fsp3) is 0.385. The topological polar surface area (TPSA) is 90.6 Å². The van der Waals surface area contributed by atoms with E-state index in [-0.39, 0.29) is 12.5 Å². The minimum Gasteiger partial charge on any atom is -0.495 e. The Morgan fingerprint density at radius 1 is 1.42 bits per heavy atom. The molecule has 0 spiro atoms. The highest BCUT2D eigenvalue weighted by Crippen LogP contribution is 2.26. The van der Waals surface area contributed by atoms with E-state index in [1.54, 1.807) is 26.0 Å². The lowest BCUT2D eigenvalue weighted by molar-refractivity contribution is -0.117. The first-order chi connectivity index (χ1) is 8.99. The maximum atomic E-state index is 11.6. The zero-order chi connectivity index (χ0) is 14.4. The third-order valence-corrected chi connectivity index (χ3v) is 2.38. The molecule has 0 aliphatic rings. The number of methoxy groups -OCH3 is 1. The average Bonchev–Trinajstić information content (AvgIpc) is 2.38. The van der Waals surface area contributed by atoms with Crippen LogP contribution < -0.4 is 15.8 Å². The van der Waals surface area contributed by atoms with Crippen LogP contribution in [0.3, 0.4) is 0 Å². The molecule has 104 valence electrons. The lowest BCUT2D eigenvalue weighted by Crippen LogP contribution is -2.32. The number of anilines is 1. The summed E-state index contributed by atoms with van der Waals surface area (Å²) in [6.07, 6.45) is 0. The number of ether oxygens (including phenoxy) is 2. The first-order valence-electron chi connectivity index (χ1n) is 5.91. The maximum Gasteiger partial charge on any atom is 0.338 e. The summed E-state index contributed by atoms with van der Waals surface area (Å²) in [6, 6.07) is 3.99. The van der Waals surface area contributed by atoms with Gasteiger partial charge in [0.25, 0.3) is 0 Å². The van der Waals surface area contributed by atoms with E-state index in [2.05, 4.69) is 5.32 Å². The highest BCUT2D eigenvalue weighted by atomic mass is 16.5. The van der Waals surface area contributed by atoms with Crippen LogP contribution in [0.4, 0.5) is 5.69 Å². The van der Waals surface area contributed by atoms with Crippen molar-refractivity contribution in [2.45, 2.75) is 19.9 Å². The van der Waals surface area contributed by atoms with Gasteiger partial charge in [-0.2, -0.15) is 0 Å². The molecule has 0 aliphatic carbocycles. The molecule has 0 radical (unpaired) electrons. The van der Waals surface area contributed by atoms with Crippen LogP contribution >= 0.6 is 0 Å². The number of amides is 1. The molecule has 0 aromatic heterocycles. The highest BCUT2D eigenvalue weighted by molar-refractivity contribution is 5.98. The van der Waals surface area contributed by atoms with Crippen molar-refractivity contribution in [1.82, 2.24) is 0 Å². The maximum absolute atomic E-state index is 11.6. The van der Waals surface area contributed by atoms with Crippen molar-refractivity contribution in [3.8, 4) is 5.75 Å². The summed E-state index contributed by atoms with van der Waals surface area (Å²) in [5.41, 5.74) is 6.20. The second-order valence-corrected chi connectivity index (χ2v) is 3.91. The van der Waals surface area contributed by atoms with Crippen LogP contribution in [0.15, 0.2) is 18.2 Å². The molecule has 0 fully saturated rings. The number of benzene rings is 1. The highest BCUT2D eigenvalue weighted by Gasteiger charge is 2.14. The quantitative estimate of drug-likeness (QED) is 0.780. The van der Waals surface area contributed by atoms with Crippen molar-refractivity contribution < 1.29 is 19.1 Å². The number of carbonyl (C=O) groups is 2. The molecule has 6 nitrogen and oxygen atoms in total. The van der Waals surface area contributed by atoms with Gasteiger partial charge in [-0.1, -0.05) is 0 Å². The number of esters is 1. The Kier molecular flexibility index (Phi) is 5.32. The number of nitrogens with two attached hydrogens (primary N) is 1. The molecule has 19 heavy (non-hydrogen) atoms. The van der Waals surface area contributed by atoms with Gasteiger partial charge in [0.1, 0.15) is 5.75 Å². The first kappa shape index (κ1) is 15.0. The molecule has 0 aliphatic heterocycles. The second kappa shape index (κ2) is 6.75. The minimum absolute atomic E-state index is 0.284. The summed E-state index contributed by atoms with van der Waals surface area (Å²) in [7, 11) is 1.47. The van der Waals surface area contributed by atoms with E-state index >= 15 is 0 Å². The van der Waals surface area contributed by atoms with Crippen LogP contribution in [0.25, 0.3) is 0 Å². The smallest absolute Gasteiger partial charge is 0.338 e. The molecule has 1 rings (SSSR count). The van der Waals surface area contributed by atoms with E-state index in [1.165, 1.54) is 13.2 Å². The molecule has 1 aromatic carbocycles. The second-order valence-electron chi connectivity index (χ2n) is 3.91. The first-order valence-corrected chi connectivity index (χ1v) is 5.91. The van der Waals surface area contributed by atoms with E-state index in [0.717, 1.165) is 0 Å². The van der Waals surface area contributed by atoms with Crippen molar-refractivity contribution in [1.29, 1.82) is 0 Å². The monoisotopic (exact) mass is 266 g/mol. The van der Waals surface area contributed by atoms with Gasteiger partial charge in [-0.25, -0.2) is 4.79 Å². The SMILES string of the molecule is CCOC(=O)c1ccc(OC)c(NC(=O)C(C)N)c1. The molecule has 0 saturated heterocycles. The van der Waals surface area contributed by atoms with Crippen molar-refractivity contribution in [3.63, 3.8) is 0 Å². The van der Waals surface area contributed by atoms with Gasteiger partial charge < -0.3 is 20.5 Å². The van der Waals surface area contributed by atoms with Gasteiger partial charge in [0, 0.05) is 0 Å². The Bertz CT molecular complexity index is 472. The Morgan fingerprint density at radius 2 is 2.11 bits per heavy atom. The number of carbonyl (C=O) groups excluding carboxylic acids is 2. The normalized spacial score (nSPS) is 11.6. The summed E-state index contributed by atoms with van der Waals surface area (Å²) >= 11 is 0. The Hall–Kier alpha value is -2.08. The van der Waals surface area contributed by atoms with Crippen LogP contribution in [0.1, 0.15) is 24.2 Å². The van der Waals surface area contributed by atoms with Gasteiger partial charge in [0.15, 0.2) is 0 Å². The summed E-state index contributed by atoms with van der Waals surface area (Å²) < 4.78 is 10.0. The Morgan fingerprint density at radius 3 is 2.63 bits per heavy atom. The van der Waals surface area contributed by atoms with Gasteiger partial charge in [-0.15, -0.1) is 0 Å². The van der Waals surface area contributed by atoms with Gasteiger partial charge in [-0.3, -0.25) is 4.79 Å². The average molecular weight is 266 g/mol. The van der Waals surface area contributed by atoms with Crippen LogP contribution in [-0.4, -0.2) is 31.6 Å². The molecule has 1 aromatic rings. The van der Waals surface area contributed by atoms with Crippen molar-refractivity contribution in [2.24, 2.45) is 5.73 Å². The number of hydrogen-bond donors (Lipinski definition) is 2. The molecule has 1 unspecified atom stereocenters. The largest absolute Gasteiger partial charge is 0.495 e. The van der Waals surface area contributed by atoms with Crippen LogP contribution in [0.2, 0.25) is 0 Å². The molecule has 6 heteroatoms. The van der Waals surface area contributed by atoms with Gasteiger partial charge in [0.05, 0.1) is 31.0 Å². The molecule has 1 amide bonds. The van der Waals surface area contributed by atoms with Gasteiger partial charge >= 0.3 is 5.97 Å². The summed E-state index contributed by atoms with van der Waals surface area (Å²) in [5.74, 6) is -0.372. The van der Waals surface area contributed by atoms with Gasteiger partial charge in [0.2, 0.25) is 5.91 Å². The molecule has 0 saturated carbocycles. The number of rotatable bonds is 5. The molecule has 0 bridgehead atoms. The molecular formula is C13H18N2O4. The molecule has 3 N–H and O–H groups in total. The third-order valence-electron chi connectivity index (χ3n) is 2.38. The van der Waals surface area contributed by atoms with Crippen molar-refractivity contribution in [2.75, 3.05) is 19.0 Å². The fourth-order valence-electron chi connectivity index (χ4n) is 1.39. The zero-order valence-electron chi connectivity index (χ0n) is 11.2. The fourth-order valence-corrected chi connectivity index (χ4v) is 1.39. The van der Waals surface area contributed by atoms with Crippen LogP contribution in [0, 0.1) is 0 Å². The Labute approximate surface area is 111 Å². The molecule has 0 heterocycles. The minimum atomic E-state index is -0.657. The van der Waals surface area contributed by atoms with Crippen molar-refractivity contribution in [3.05, 3.63) is 23.8 Å². The van der Waals surface area contributed by atoms with E-state index in [9.17, 15) is 9.59 Å². The van der Waals surface area contributed by atoms with E-state index in [0.29, 0.717) is 17.0 Å². The van der Waals surface area contributed by atoms with E-state index in [1.807, 2.05) is 0 Å². The zero-order valence-corrected chi connectivity index (χ0v) is 11.2. The third kappa shape index (κ3) is 3.96. The predicted octanol–water partition coefficient (Wildman–Crippen LogP) is 1.16. The summed E-state index contributed by atoms with van der Waals surface area (Å²) in [5, 5.41) is 2.60. The van der Waals surface area contributed by atoms with Crippen LogP contribution in [0.5, 0.6) is 5.75 Å². The number of hydrogen-bond acceptors (Lipinski definition) is 5. The van der Waals surface area contributed by atoms with E-state index < -0.39 is 12.0 Å². The number of nitrogens with one attached hydrogen (secondary N) is 1. The summed E-state index contributed by atoms with van der Waals surface area (Å²) in [4.78, 5) is 23.2. The standard InChI is InChI=1S/C13H18N2O4/c1-4-19-13(17)9-5-6-11(18-3)10(7-9)15-12(16)8(2)14/h5-8H,4,14H2,1-3H3,(H,15,16). The predicted molar refractivity (Wildman–Crippen MR) is 71.2 cm³/mol.